The van der Waals surface area contributed by atoms with Gasteiger partial charge in [-0.25, -0.2) is 8.78 Å². The Labute approximate surface area is 157 Å². The van der Waals surface area contributed by atoms with Gasteiger partial charge in [0.25, 0.3) is 5.89 Å². The summed E-state index contributed by atoms with van der Waals surface area (Å²) in [6, 6.07) is 9.32. The molecule has 0 unspecified atom stereocenters. The summed E-state index contributed by atoms with van der Waals surface area (Å²) in [5.74, 6) is -2.56. The largest absolute Gasteiger partial charge is 0.455 e. The number of halogens is 2. The summed E-state index contributed by atoms with van der Waals surface area (Å²) in [7, 11) is 0. The van der Waals surface area contributed by atoms with Crippen LogP contribution in [0.1, 0.15) is 23.8 Å². The average molecular weight is 385 g/mol. The highest BCUT2D eigenvalue weighted by molar-refractivity contribution is 5.99. The summed E-state index contributed by atoms with van der Waals surface area (Å²) < 4.78 is 36.6. The summed E-state index contributed by atoms with van der Waals surface area (Å²) >= 11 is 0. The number of anilines is 1. The molecule has 0 saturated heterocycles. The monoisotopic (exact) mass is 385 g/mol. The number of benzene rings is 2. The summed E-state index contributed by atoms with van der Waals surface area (Å²) in [6.45, 7) is -0.290. The van der Waals surface area contributed by atoms with E-state index in [2.05, 4.69) is 15.5 Å². The first-order chi connectivity index (χ1) is 13.5. The van der Waals surface area contributed by atoms with Crippen molar-refractivity contribution >= 4 is 17.6 Å². The number of carbonyl (C=O) groups excluding carboxylic acids is 2. The second-order valence-electron chi connectivity index (χ2n) is 6.16. The fraction of sp³-hybridized carbons (Fsp3) is 0.158. The van der Waals surface area contributed by atoms with Crippen molar-refractivity contribution < 1.29 is 27.6 Å². The Kier molecular flexibility index (Phi) is 4.56. The van der Waals surface area contributed by atoms with Crippen molar-refractivity contribution in [3.63, 3.8) is 0 Å². The lowest BCUT2D eigenvalue weighted by molar-refractivity contribution is -0.148. The number of nitrogens with zero attached hydrogens (tertiary/aromatic N) is 2. The van der Waals surface area contributed by atoms with Crippen molar-refractivity contribution in [1.82, 2.24) is 10.1 Å². The van der Waals surface area contributed by atoms with E-state index in [0.29, 0.717) is 11.1 Å². The number of fused-ring (bicyclic) bond motifs is 1. The van der Waals surface area contributed by atoms with E-state index in [0.717, 1.165) is 6.07 Å². The number of esters is 1. The minimum Gasteiger partial charge on any atom is -0.455 e. The normalized spacial score (nSPS) is 15.6. The molecule has 0 bridgehead atoms. The molecule has 1 aromatic heterocycles. The first kappa shape index (κ1) is 17.8. The fourth-order valence-corrected chi connectivity index (χ4v) is 2.91. The van der Waals surface area contributed by atoms with E-state index in [4.69, 9.17) is 9.26 Å². The van der Waals surface area contributed by atoms with Gasteiger partial charge in [0.05, 0.1) is 5.92 Å². The predicted octanol–water partition coefficient (Wildman–Crippen LogP) is 3.18. The molecule has 0 radical (unpaired) electrons. The number of ether oxygens (including phenoxy) is 1. The molecule has 1 amide bonds. The Balaban J connectivity index is 1.45. The predicted molar refractivity (Wildman–Crippen MR) is 91.9 cm³/mol. The number of hydrogen-bond donors (Lipinski definition) is 1. The fourth-order valence-electron chi connectivity index (χ4n) is 2.91. The molecule has 1 aliphatic rings. The van der Waals surface area contributed by atoms with E-state index < -0.39 is 29.4 Å². The third-order valence-corrected chi connectivity index (χ3v) is 4.25. The number of carbonyl (C=O) groups is 2. The van der Waals surface area contributed by atoms with Gasteiger partial charge in [0.2, 0.25) is 11.7 Å². The summed E-state index contributed by atoms with van der Waals surface area (Å²) in [4.78, 5) is 28.3. The highest BCUT2D eigenvalue weighted by atomic mass is 19.1. The van der Waals surface area contributed by atoms with E-state index in [1.54, 1.807) is 0 Å². The Bertz CT molecular complexity index is 1050. The van der Waals surface area contributed by atoms with E-state index in [1.807, 2.05) is 0 Å². The zero-order chi connectivity index (χ0) is 19.7. The minimum absolute atomic E-state index is 0.0484. The Morgan fingerprint density at radius 1 is 1.18 bits per heavy atom. The molecule has 9 heteroatoms. The van der Waals surface area contributed by atoms with Gasteiger partial charge in [-0.15, -0.1) is 0 Å². The molecule has 0 saturated carbocycles. The van der Waals surface area contributed by atoms with Crippen molar-refractivity contribution in [1.29, 1.82) is 0 Å². The van der Waals surface area contributed by atoms with Crippen LogP contribution in [0.5, 0.6) is 0 Å². The number of hydrogen-bond acceptors (Lipinski definition) is 6. The molecular weight excluding hydrogens is 372 g/mol. The third-order valence-electron chi connectivity index (χ3n) is 4.25. The average Bonchev–Trinajstić information content (AvgIpc) is 3.14. The van der Waals surface area contributed by atoms with Crippen LogP contribution < -0.4 is 5.32 Å². The van der Waals surface area contributed by atoms with E-state index in [9.17, 15) is 18.4 Å². The molecule has 0 spiro atoms. The van der Waals surface area contributed by atoms with E-state index in [-0.39, 0.29) is 30.4 Å². The Morgan fingerprint density at radius 2 is 1.93 bits per heavy atom. The van der Waals surface area contributed by atoms with Gasteiger partial charge in [0, 0.05) is 17.7 Å². The number of nitrogens with one attached hydrogen (secondary N) is 1. The molecule has 7 nitrogen and oxygen atoms in total. The minimum atomic E-state index is -0.858. The second-order valence-corrected chi connectivity index (χ2v) is 6.16. The van der Waals surface area contributed by atoms with Crippen LogP contribution in [0.4, 0.5) is 14.5 Å². The second kappa shape index (κ2) is 7.18. The van der Waals surface area contributed by atoms with Crippen LogP contribution in [-0.2, 0) is 20.9 Å². The SMILES string of the molecule is O=C1C[C@@H](C(=O)OCc2nc(-c3ccc(F)cc3)no2)c2ccc(F)cc2N1. The molecule has 142 valence electrons. The molecule has 2 heterocycles. The zero-order valence-corrected chi connectivity index (χ0v) is 14.3. The lowest BCUT2D eigenvalue weighted by atomic mass is 9.90. The van der Waals surface area contributed by atoms with Crippen LogP contribution in [0.25, 0.3) is 11.4 Å². The maximum Gasteiger partial charge on any atom is 0.314 e. The van der Waals surface area contributed by atoms with Crippen molar-refractivity contribution in [2.75, 3.05) is 5.32 Å². The number of rotatable bonds is 4. The first-order valence-electron chi connectivity index (χ1n) is 8.34. The van der Waals surface area contributed by atoms with Gasteiger partial charge in [-0.3, -0.25) is 9.59 Å². The lowest BCUT2D eigenvalue weighted by Crippen LogP contribution is -2.28. The summed E-state index contributed by atoms with van der Waals surface area (Å²) in [5.41, 5.74) is 1.26. The van der Waals surface area contributed by atoms with Gasteiger partial charge >= 0.3 is 5.97 Å². The third kappa shape index (κ3) is 3.59. The molecule has 4 rings (SSSR count). The number of aromatic nitrogens is 2. The standard InChI is InChI=1S/C19H13F2N3O4/c20-11-3-1-10(2-4-11)18-23-17(28-24-18)9-27-19(26)14-8-16(25)22-15-7-12(21)5-6-13(14)15/h1-7,14H,8-9H2,(H,22,25)/t14-/m1/s1. The zero-order valence-electron chi connectivity index (χ0n) is 14.3. The van der Waals surface area contributed by atoms with E-state index >= 15 is 0 Å². The van der Waals surface area contributed by atoms with Gasteiger partial charge in [0.15, 0.2) is 6.61 Å². The topological polar surface area (TPSA) is 94.3 Å². The van der Waals surface area contributed by atoms with Crippen LogP contribution >= 0.6 is 0 Å². The first-order valence-corrected chi connectivity index (χ1v) is 8.34. The van der Waals surface area contributed by atoms with Gasteiger partial charge < -0.3 is 14.6 Å². The van der Waals surface area contributed by atoms with Crippen molar-refractivity contribution in [2.24, 2.45) is 0 Å². The van der Waals surface area contributed by atoms with Gasteiger partial charge in [-0.2, -0.15) is 4.98 Å². The summed E-state index contributed by atoms with van der Waals surface area (Å²) in [6.07, 6.45) is -0.109. The molecule has 1 aliphatic heterocycles. The van der Waals surface area contributed by atoms with Crippen LogP contribution in [0.3, 0.4) is 0 Å². The lowest BCUT2D eigenvalue weighted by Gasteiger charge is -2.23. The van der Waals surface area contributed by atoms with Crippen LogP contribution in [0, 0.1) is 11.6 Å². The summed E-state index contributed by atoms with van der Waals surface area (Å²) in [5, 5.41) is 6.29. The molecular formula is C19H13F2N3O4. The highest BCUT2D eigenvalue weighted by Crippen LogP contribution is 2.33. The molecule has 0 aliphatic carbocycles. The maximum atomic E-state index is 13.4. The van der Waals surface area contributed by atoms with Crippen molar-refractivity contribution in [2.45, 2.75) is 18.9 Å². The highest BCUT2D eigenvalue weighted by Gasteiger charge is 2.32. The van der Waals surface area contributed by atoms with Gasteiger partial charge in [0.1, 0.15) is 11.6 Å². The molecule has 1 N–H and O–H groups in total. The van der Waals surface area contributed by atoms with Gasteiger partial charge in [-0.1, -0.05) is 11.2 Å². The maximum absolute atomic E-state index is 13.4. The van der Waals surface area contributed by atoms with Crippen LogP contribution in [0.15, 0.2) is 47.0 Å². The van der Waals surface area contributed by atoms with Crippen LogP contribution in [0.2, 0.25) is 0 Å². The number of amides is 1. The quantitative estimate of drug-likeness (QED) is 0.693. The molecule has 1 atom stereocenters. The molecule has 0 fully saturated rings. The van der Waals surface area contributed by atoms with Crippen molar-refractivity contribution in [3.05, 3.63) is 65.6 Å². The molecule has 3 aromatic rings. The van der Waals surface area contributed by atoms with Crippen molar-refractivity contribution in [3.8, 4) is 11.4 Å². The Morgan fingerprint density at radius 3 is 2.71 bits per heavy atom. The van der Waals surface area contributed by atoms with Crippen LogP contribution in [-0.4, -0.2) is 22.0 Å². The van der Waals surface area contributed by atoms with Gasteiger partial charge in [-0.05, 0) is 42.0 Å². The molecule has 2 aromatic carbocycles. The van der Waals surface area contributed by atoms with E-state index in [1.165, 1.54) is 36.4 Å². The smallest absolute Gasteiger partial charge is 0.314 e. The molecule has 28 heavy (non-hydrogen) atoms. The Hall–Kier alpha value is -3.62.